The topological polar surface area (TPSA) is 49.8 Å². The quantitative estimate of drug-likeness (QED) is 0.671. The van der Waals surface area contributed by atoms with Gasteiger partial charge in [0.25, 0.3) is 0 Å². The summed E-state index contributed by atoms with van der Waals surface area (Å²) < 4.78 is 0.972. The van der Waals surface area contributed by atoms with Crippen molar-refractivity contribution in [1.29, 1.82) is 5.26 Å². The van der Waals surface area contributed by atoms with Crippen LogP contribution < -0.4 is 5.73 Å². The Balaban J connectivity index is 3.16. The third kappa shape index (κ3) is 2.34. The van der Waals surface area contributed by atoms with E-state index in [1.54, 1.807) is 0 Å². The Morgan fingerprint density at radius 1 is 1.54 bits per heavy atom. The molecule has 0 unspecified atom stereocenters. The minimum atomic E-state index is 0.593. The Hall–Kier alpha value is -0.760. The zero-order valence-electron chi connectivity index (χ0n) is 7.47. The number of rotatable bonds is 2. The number of nitrogens with two attached hydrogens (primary N) is 1. The van der Waals surface area contributed by atoms with E-state index in [1.165, 1.54) is 5.56 Å². The molecule has 0 heterocycles. The summed E-state index contributed by atoms with van der Waals surface area (Å²) in [6, 6.07) is 6.02. The molecule has 3 heteroatoms. The zero-order chi connectivity index (χ0) is 9.84. The van der Waals surface area contributed by atoms with Gasteiger partial charge in [-0.1, -0.05) is 13.3 Å². The molecule has 0 amide bonds. The van der Waals surface area contributed by atoms with Gasteiger partial charge in [0, 0.05) is 3.57 Å². The van der Waals surface area contributed by atoms with Crippen LogP contribution in [0, 0.1) is 14.9 Å². The van der Waals surface area contributed by atoms with E-state index in [2.05, 4.69) is 35.6 Å². The van der Waals surface area contributed by atoms with Crippen molar-refractivity contribution in [1.82, 2.24) is 0 Å². The average molecular weight is 286 g/mol. The van der Waals surface area contributed by atoms with Crippen molar-refractivity contribution in [3.8, 4) is 6.07 Å². The Morgan fingerprint density at radius 3 is 2.77 bits per heavy atom. The second kappa shape index (κ2) is 4.47. The average Bonchev–Trinajstić information content (AvgIpc) is 2.11. The molecule has 1 aromatic rings. The van der Waals surface area contributed by atoms with Crippen molar-refractivity contribution >= 4 is 28.3 Å². The molecule has 0 aliphatic carbocycles. The molecule has 0 spiro atoms. The van der Waals surface area contributed by atoms with Crippen molar-refractivity contribution in [3.05, 3.63) is 26.8 Å². The van der Waals surface area contributed by atoms with Gasteiger partial charge >= 0.3 is 0 Å². The molecule has 0 saturated heterocycles. The molecule has 0 aromatic heterocycles. The molecule has 13 heavy (non-hydrogen) atoms. The minimum absolute atomic E-state index is 0.593. The highest BCUT2D eigenvalue weighted by atomic mass is 127. The van der Waals surface area contributed by atoms with Crippen LogP contribution in [0.5, 0.6) is 0 Å². The minimum Gasteiger partial charge on any atom is -0.397 e. The van der Waals surface area contributed by atoms with Gasteiger partial charge in [0.15, 0.2) is 0 Å². The second-order valence-electron chi connectivity index (χ2n) is 2.90. The fraction of sp³-hybridized carbons (Fsp3) is 0.300. The van der Waals surface area contributed by atoms with Crippen LogP contribution >= 0.6 is 22.6 Å². The summed E-state index contributed by atoms with van der Waals surface area (Å²) in [5, 5.41) is 8.80. The van der Waals surface area contributed by atoms with E-state index in [0.717, 1.165) is 16.4 Å². The van der Waals surface area contributed by atoms with E-state index in [-0.39, 0.29) is 0 Å². The van der Waals surface area contributed by atoms with Crippen LogP contribution in [-0.2, 0) is 6.42 Å². The molecule has 2 N–H and O–H groups in total. The van der Waals surface area contributed by atoms with Crippen molar-refractivity contribution in [3.63, 3.8) is 0 Å². The summed E-state index contributed by atoms with van der Waals surface area (Å²) in [6.07, 6.45) is 2.09. The maximum atomic E-state index is 8.80. The van der Waals surface area contributed by atoms with Gasteiger partial charge in [0.05, 0.1) is 11.3 Å². The maximum Gasteiger partial charge on any atom is 0.101 e. The molecule has 0 atom stereocenters. The molecule has 0 bridgehead atoms. The van der Waals surface area contributed by atoms with Gasteiger partial charge in [-0.3, -0.25) is 0 Å². The predicted octanol–water partition coefficient (Wildman–Crippen LogP) is 2.70. The lowest BCUT2D eigenvalue weighted by atomic mass is 10.1. The monoisotopic (exact) mass is 286 g/mol. The Labute approximate surface area is 91.9 Å². The highest BCUT2D eigenvalue weighted by Gasteiger charge is 2.04. The summed E-state index contributed by atoms with van der Waals surface area (Å²) in [5.74, 6) is 0. The lowest BCUT2D eigenvalue weighted by molar-refractivity contribution is 0.920. The molecule has 2 nitrogen and oxygen atoms in total. The van der Waals surface area contributed by atoms with Crippen molar-refractivity contribution in [2.75, 3.05) is 5.73 Å². The first-order chi connectivity index (χ1) is 6.19. The molecule has 1 aromatic carbocycles. The summed E-state index contributed by atoms with van der Waals surface area (Å²) >= 11 is 2.16. The number of nitrogens with zero attached hydrogens (tertiary/aromatic N) is 1. The second-order valence-corrected chi connectivity index (χ2v) is 4.06. The predicted molar refractivity (Wildman–Crippen MR) is 62.3 cm³/mol. The maximum absolute atomic E-state index is 8.80. The number of hydrogen-bond acceptors (Lipinski definition) is 2. The first kappa shape index (κ1) is 10.3. The van der Waals surface area contributed by atoms with Gasteiger partial charge in [-0.15, -0.1) is 0 Å². The van der Waals surface area contributed by atoms with Crippen LogP contribution in [0.2, 0.25) is 0 Å². The van der Waals surface area contributed by atoms with Gasteiger partial charge in [0.2, 0.25) is 0 Å². The van der Waals surface area contributed by atoms with Crippen LogP contribution in [0.4, 0.5) is 5.69 Å². The van der Waals surface area contributed by atoms with Crippen LogP contribution in [0.25, 0.3) is 0 Å². The number of anilines is 1. The SMILES string of the molecule is CCCc1cc(I)c(N)c(C#N)c1. The molecule has 0 fully saturated rings. The van der Waals surface area contributed by atoms with E-state index in [9.17, 15) is 0 Å². The molecule has 0 radical (unpaired) electrons. The van der Waals surface area contributed by atoms with Gasteiger partial charge in [-0.25, -0.2) is 0 Å². The Morgan fingerprint density at radius 2 is 2.23 bits per heavy atom. The Bertz CT molecular complexity index is 353. The van der Waals surface area contributed by atoms with Gasteiger partial charge in [0.1, 0.15) is 6.07 Å². The van der Waals surface area contributed by atoms with E-state index in [1.807, 2.05) is 12.1 Å². The van der Waals surface area contributed by atoms with Gasteiger partial charge in [-0.05, 0) is 46.7 Å². The number of hydrogen-bond donors (Lipinski definition) is 1. The number of aryl methyl sites for hydroxylation is 1. The summed E-state index contributed by atoms with van der Waals surface area (Å²) in [5.41, 5.74) is 8.11. The lowest BCUT2D eigenvalue weighted by Gasteiger charge is -2.04. The van der Waals surface area contributed by atoms with E-state index < -0.39 is 0 Å². The van der Waals surface area contributed by atoms with Crippen molar-refractivity contribution in [2.24, 2.45) is 0 Å². The number of nitrogen functional groups attached to an aromatic ring is 1. The first-order valence-electron chi connectivity index (χ1n) is 4.17. The molecule has 0 aliphatic rings. The first-order valence-corrected chi connectivity index (χ1v) is 5.25. The highest BCUT2D eigenvalue weighted by molar-refractivity contribution is 14.1. The number of halogens is 1. The standard InChI is InChI=1S/C10H11IN2/c1-2-3-7-4-8(6-12)10(13)9(11)5-7/h4-5H,2-3,13H2,1H3. The van der Waals surface area contributed by atoms with Gasteiger partial charge in [-0.2, -0.15) is 5.26 Å². The van der Waals surface area contributed by atoms with Crippen LogP contribution in [-0.4, -0.2) is 0 Å². The number of benzene rings is 1. The number of nitriles is 1. The molecule has 0 aliphatic heterocycles. The fourth-order valence-corrected chi connectivity index (χ4v) is 1.89. The Kier molecular flexibility index (Phi) is 3.55. The van der Waals surface area contributed by atoms with Crippen molar-refractivity contribution < 1.29 is 0 Å². The third-order valence-electron chi connectivity index (χ3n) is 1.85. The summed E-state index contributed by atoms with van der Waals surface area (Å²) in [6.45, 7) is 2.12. The smallest absolute Gasteiger partial charge is 0.101 e. The molecular weight excluding hydrogens is 275 g/mol. The molecule has 1 rings (SSSR count). The van der Waals surface area contributed by atoms with Crippen molar-refractivity contribution in [2.45, 2.75) is 19.8 Å². The normalized spacial score (nSPS) is 9.62. The van der Waals surface area contributed by atoms with Crippen LogP contribution in [0.15, 0.2) is 12.1 Å². The lowest BCUT2D eigenvalue weighted by Crippen LogP contribution is -1.96. The van der Waals surface area contributed by atoms with E-state index in [0.29, 0.717) is 11.3 Å². The van der Waals surface area contributed by atoms with E-state index in [4.69, 9.17) is 11.0 Å². The van der Waals surface area contributed by atoms with Gasteiger partial charge < -0.3 is 5.73 Å². The largest absolute Gasteiger partial charge is 0.397 e. The summed E-state index contributed by atoms with van der Waals surface area (Å²) in [4.78, 5) is 0. The highest BCUT2D eigenvalue weighted by Crippen LogP contribution is 2.22. The molecule has 0 saturated carbocycles. The van der Waals surface area contributed by atoms with Crippen LogP contribution in [0.3, 0.4) is 0 Å². The zero-order valence-corrected chi connectivity index (χ0v) is 9.63. The molecular formula is C10H11IN2. The van der Waals surface area contributed by atoms with E-state index >= 15 is 0 Å². The molecule has 68 valence electrons. The van der Waals surface area contributed by atoms with Crippen LogP contribution in [0.1, 0.15) is 24.5 Å². The summed E-state index contributed by atoms with van der Waals surface area (Å²) in [7, 11) is 0. The fourth-order valence-electron chi connectivity index (χ4n) is 1.20. The third-order valence-corrected chi connectivity index (χ3v) is 2.74.